The quantitative estimate of drug-likeness (QED) is 0.482. The number of nitriles is 1. The molecule has 27 heavy (non-hydrogen) atoms. The summed E-state index contributed by atoms with van der Waals surface area (Å²) in [7, 11) is 0. The fourth-order valence-corrected chi connectivity index (χ4v) is 4.10. The number of thioether (sulfide) groups is 1. The zero-order valence-electron chi connectivity index (χ0n) is 14.6. The number of allylic oxidation sites excluding steroid dienone is 1. The van der Waals surface area contributed by atoms with Crippen LogP contribution in [0.25, 0.3) is 0 Å². The topological polar surface area (TPSA) is 159 Å². The van der Waals surface area contributed by atoms with Gasteiger partial charge in [-0.3, -0.25) is 19.7 Å². The molecule has 1 aliphatic heterocycles. The minimum atomic E-state index is -1.73. The lowest BCUT2D eigenvalue weighted by molar-refractivity contribution is -0.384. The summed E-state index contributed by atoms with van der Waals surface area (Å²) in [6, 6.07) is 7.59. The molecule has 0 radical (unpaired) electrons. The van der Waals surface area contributed by atoms with Crippen molar-refractivity contribution in [1.82, 2.24) is 5.32 Å². The highest BCUT2D eigenvalue weighted by atomic mass is 32.2. The largest absolute Gasteiger partial charge is 0.371 e. The number of rotatable bonds is 6. The van der Waals surface area contributed by atoms with E-state index in [4.69, 9.17) is 5.73 Å². The maximum Gasteiger partial charge on any atom is 0.269 e. The van der Waals surface area contributed by atoms with E-state index in [1.54, 1.807) is 6.07 Å². The molecule has 1 amide bonds. The molecule has 2 rings (SSSR count). The van der Waals surface area contributed by atoms with Crippen molar-refractivity contribution < 1.29 is 19.6 Å². The number of primary amides is 1. The Labute approximate surface area is 159 Å². The number of nitro groups is 1. The van der Waals surface area contributed by atoms with Crippen LogP contribution in [0.2, 0.25) is 0 Å². The van der Waals surface area contributed by atoms with Crippen molar-refractivity contribution in [2.45, 2.75) is 25.5 Å². The highest BCUT2D eigenvalue weighted by Gasteiger charge is 2.48. The molecule has 0 spiro atoms. The normalized spacial score (nSPS) is 24.7. The first-order valence-corrected chi connectivity index (χ1v) is 8.87. The summed E-state index contributed by atoms with van der Waals surface area (Å²) in [5.74, 6) is -3.13. The van der Waals surface area contributed by atoms with E-state index in [1.807, 2.05) is 6.07 Å². The van der Waals surface area contributed by atoms with E-state index in [1.165, 1.54) is 32.0 Å². The second-order valence-electron chi connectivity index (χ2n) is 6.30. The second kappa shape index (κ2) is 7.77. The van der Waals surface area contributed by atoms with Gasteiger partial charge in [-0.1, -0.05) is 23.9 Å². The first kappa shape index (κ1) is 20.4. The van der Waals surface area contributed by atoms with E-state index in [0.29, 0.717) is 5.56 Å². The molecule has 0 aliphatic carbocycles. The number of carbonyl (C=O) groups excluding carboxylic acids is 2. The van der Waals surface area contributed by atoms with Gasteiger partial charge in [0.1, 0.15) is 11.5 Å². The monoisotopic (exact) mass is 390 g/mol. The van der Waals surface area contributed by atoms with Gasteiger partial charge in [-0.15, -0.1) is 0 Å². The number of aliphatic hydroxyl groups is 1. The van der Waals surface area contributed by atoms with Crippen LogP contribution in [0.3, 0.4) is 0 Å². The molecule has 1 aliphatic rings. The fourth-order valence-electron chi connectivity index (χ4n) is 3.21. The summed E-state index contributed by atoms with van der Waals surface area (Å²) in [4.78, 5) is 34.0. The van der Waals surface area contributed by atoms with Crippen molar-refractivity contribution in [1.29, 1.82) is 5.26 Å². The Morgan fingerprint density at radius 3 is 2.70 bits per heavy atom. The number of benzene rings is 1. The number of Topliss-reactive ketones (excluding diaryl/α,β-unsaturated/α-hetero) is 1. The van der Waals surface area contributed by atoms with Gasteiger partial charge in [-0.05, 0) is 19.4 Å². The van der Waals surface area contributed by atoms with Gasteiger partial charge in [0.2, 0.25) is 5.91 Å². The van der Waals surface area contributed by atoms with Gasteiger partial charge in [0.25, 0.3) is 5.69 Å². The number of hydrogen-bond acceptors (Lipinski definition) is 8. The molecule has 9 nitrogen and oxygen atoms in total. The van der Waals surface area contributed by atoms with Crippen molar-refractivity contribution in [2.75, 3.05) is 5.75 Å². The van der Waals surface area contributed by atoms with Crippen LogP contribution in [-0.4, -0.2) is 33.2 Å². The van der Waals surface area contributed by atoms with Crippen molar-refractivity contribution >= 4 is 29.1 Å². The molecule has 3 atom stereocenters. The summed E-state index contributed by atoms with van der Waals surface area (Å²) in [5, 5.41) is 34.6. The molecule has 1 heterocycles. The number of non-ortho nitro benzene ring substituents is 1. The third kappa shape index (κ3) is 4.27. The molecular formula is C17H18N4O5S. The minimum Gasteiger partial charge on any atom is -0.371 e. The molecule has 0 saturated carbocycles. The van der Waals surface area contributed by atoms with E-state index in [-0.39, 0.29) is 22.0 Å². The van der Waals surface area contributed by atoms with E-state index in [2.05, 4.69) is 5.32 Å². The Hall–Kier alpha value is -2.90. The smallest absolute Gasteiger partial charge is 0.269 e. The number of ketones is 1. The Morgan fingerprint density at radius 1 is 1.52 bits per heavy atom. The van der Waals surface area contributed by atoms with E-state index >= 15 is 0 Å². The van der Waals surface area contributed by atoms with Crippen LogP contribution < -0.4 is 11.1 Å². The number of amides is 1. The highest BCUT2D eigenvalue weighted by molar-refractivity contribution is 8.03. The Bertz CT molecular complexity index is 874. The molecule has 0 aromatic heterocycles. The summed E-state index contributed by atoms with van der Waals surface area (Å²) < 4.78 is 0. The molecule has 1 aromatic carbocycles. The fraction of sp³-hybridized carbons (Fsp3) is 0.353. The SMILES string of the molecule is CC(=O)C1C(c2cccc([N+](=O)[O-])c2)C(C#N)=C(SCC(N)=O)NC1(C)O. The van der Waals surface area contributed by atoms with Gasteiger partial charge >= 0.3 is 0 Å². The van der Waals surface area contributed by atoms with E-state index in [9.17, 15) is 30.1 Å². The standard InChI is InChI=1S/C17H18N4O5S/c1-9(22)15-14(10-4-3-5-11(6-10)21(25)26)12(7-18)16(20-17(15,2)24)27-8-13(19)23/h3-6,14-15,20,24H,8H2,1-2H3,(H2,19,23). The number of nitrogens with zero attached hydrogens (tertiary/aromatic N) is 2. The third-order valence-electron chi connectivity index (χ3n) is 4.22. The average molecular weight is 390 g/mol. The lowest BCUT2D eigenvalue weighted by Gasteiger charge is -2.43. The second-order valence-corrected chi connectivity index (χ2v) is 7.29. The van der Waals surface area contributed by atoms with Crippen molar-refractivity contribution in [2.24, 2.45) is 11.7 Å². The van der Waals surface area contributed by atoms with Crippen molar-refractivity contribution in [3.63, 3.8) is 0 Å². The van der Waals surface area contributed by atoms with Crippen LogP contribution in [0.5, 0.6) is 0 Å². The van der Waals surface area contributed by atoms with Gasteiger partial charge < -0.3 is 16.2 Å². The summed E-state index contributed by atoms with van der Waals surface area (Å²) in [5.41, 5.74) is 3.67. The number of nitrogens with two attached hydrogens (primary N) is 1. The van der Waals surface area contributed by atoms with E-state index < -0.39 is 34.2 Å². The van der Waals surface area contributed by atoms with Crippen LogP contribution in [0.15, 0.2) is 34.9 Å². The molecule has 1 aromatic rings. The summed E-state index contributed by atoms with van der Waals surface area (Å²) in [6.07, 6.45) is 0. The number of carbonyl (C=O) groups is 2. The van der Waals surface area contributed by atoms with Gasteiger partial charge in [0, 0.05) is 18.1 Å². The Balaban J connectivity index is 2.68. The molecule has 3 unspecified atom stereocenters. The first-order chi connectivity index (χ1) is 12.6. The Kier molecular flexibility index (Phi) is 5.88. The lowest BCUT2D eigenvalue weighted by atomic mass is 9.72. The molecule has 142 valence electrons. The van der Waals surface area contributed by atoms with Gasteiger partial charge in [-0.25, -0.2) is 0 Å². The number of nitrogens with one attached hydrogen (secondary N) is 1. The average Bonchev–Trinajstić information content (AvgIpc) is 2.58. The third-order valence-corrected chi connectivity index (χ3v) is 5.26. The zero-order chi connectivity index (χ0) is 20.4. The maximum absolute atomic E-state index is 12.3. The van der Waals surface area contributed by atoms with Gasteiger partial charge in [0.05, 0.1) is 33.3 Å². The van der Waals surface area contributed by atoms with Gasteiger partial charge in [-0.2, -0.15) is 5.26 Å². The molecule has 10 heteroatoms. The molecule has 0 fully saturated rings. The van der Waals surface area contributed by atoms with Crippen LogP contribution in [-0.2, 0) is 9.59 Å². The number of hydrogen-bond donors (Lipinski definition) is 3. The molecule has 0 saturated heterocycles. The summed E-state index contributed by atoms with van der Waals surface area (Å²) >= 11 is 0.929. The highest BCUT2D eigenvalue weighted by Crippen LogP contribution is 2.45. The predicted octanol–water partition coefficient (Wildman–Crippen LogP) is 1.15. The first-order valence-electron chi connectivity index (χ1n) is 7.89. The zero-order valence-corrected chi connectivity index (χ0v) is 15.4. The van der Waals surface area contributed by atoms with Gasteiger partial charge in [0.15, 0.2) is 0 Å². The van der Waals surface area contributed by atoms with Crippen molar-refractivity contribution in [3.05, 3.63) is 50.5 Å². The predicted molar refractivity (Wildman–Crippen MR) is 98.1 cm³/mol. The van der Waals surface area contributed by atoms with Crippen LogP contribution >= 0.6 is 11.8 Å². The van der Waals surface area contributed by atoms with Crippen molar-refractivity contribution in [3.8, 4) is 6.07 Å². The van der Waals surface area contributed by atoms with Crippen LogP contribution in [0.1, 0.15) is 25.3 Å². The lowest BCUT2D eigenvalue weighted by Crippen LogP contribution is -2.56. The van der Waals surface area contributed by atoms with E-state index in [0.717, 1.165) is 11.8 Å². The number of nitro benzene ring substituents is 1. The summed E-state index contributed by atoms with van der Waals surface area (Å²) in [6.45, 7) is 2.66. The molecule has 4 N–H and O–H groups in total. The Morgan fingerprint density at radius 2 is 2.19 bits per heavy atom. The van der Waals surface area contributed by atoms with Crippen LogP contribution in [0, 0.1) is 27.4 Å². The molecule has 0 bridgehead atoms. The van der Waals surface area contributed by atoms with Crippen LogP contribution in [0.4, 0.5) is 5.69 Å². The minimum absolute atomic E-state index is 0.105. The molecular weight excluding hydrogens is 372 g/mol. The maximum atomic E-state index is 12.3.